The van der Waals surface area contributed by atoms with Crippen molar-refractivity contribution >= 4 is 11.6 Å². The third-order valence-corrected chi connectivity index (χ3v) is 5.26. The van der Waals surface area contributed by atoms with Crippen molar-refractivity contribution in [2.75, 3.05) is 14.1 Å². The number of aliphatic hydroxyl groups excluding tert-OH is 1. The maximum atomic E-state index is 13.1. The molecular formula is C17H25ClFNO. The highest BCUT2D eigenvalue weighted by molar-refractivity contribution is 6.31. The van der Waals surface area contributed by atoms with E-state index in [-0.39, 0.29) is 11.4 Å². The fraction of sp³-hybridized carbons (Fsp3) is 0.647. The molecule has 0 aliphatic heterocycles. The number of likely N-dealkylation sites (N-methyl/N-ethyl adjacent to an activating group) is 1. The summed E-state index contributed by atoms with van der Waals surface area (Å²) in [4.78, 5) is 2.17. The van der Waals surface area contributed by atoms with Crippen molar-refractivity contribution in [1.29, 1.82) is 0 Å². The molecule has 1 saturated carbocycles. The summed E-state index contributed by atoms with van der Waals surface area (Å²) in [5.74, 6) is -0.338. The molecule has 0 saturated heterocycles. The lowest BCUT2D eigenvalue weighted by molar-refractivity contribution is -0.0174. The van der Waals surface area contributed by atoms with Gasteiger partial charge in [0.05, 0.1) is 6.10 Å². The second-order valence-corrected chi connectivity index (χ2v) is 6.78. The molecule has 4 heteroatoms. The molecule has 1 aliphatic carbocycles. The van der Waals surface area contributed by atoms with Gasteiger partial charge in [-0.25, -0.2) is 4.39 Å². The van der Waals surface area contributed by atoms with Crippen LogP contribution in [0.5, 0.6) is 0 Å². The zero-order chi connectivity index (χ0) is 15.5. The number of halogens is 2. The van der Waals surface area contributed by atoms with E-state index in [2.05, 4.69) is 4.90 Å². The summed E-state index contributed by atoms with van der Waals surface area (Å²) in [5.41, 5.74) is 0.616. The monoisotopic (exact) mass is 313 g/mol. The Bertz CT molecular complexity index is 470. The Morgan fingerprint density at radius 2 is 1.86 bits per heavy atom. The van der Waals surface area contributed by atoms with Gasteiger partial charge in [-0.15, -0.1) is 0 Å². The first-order chi connectivity index (χ1) is 9.95. The maximum absolute atomic E-state index is 13.1. The highest BCUT2D eigenvalue weighted by Crippen LogP contribution is 2.36. The lowest BCUT2D eigenvalue weighted by atomic mass is 9.80. The number of nitrogens with zero attached hydrogens (tertiary/aromatic N) is 1. The summed E-state index contributed by atoms with van der Waals surface area (Å²) in [6, 6.07) is 4.41. The molecule has 1 fully saturated rings. The van der Waals surface area contributed by atoms with E-state index >= 15 is 0 Å². The summed E-state index contributed by atoms with van der Waals surface area (Å²) in [6.45, 7) is 0. The van der Waals surface area contributed by atoms with Crippen LogP contribution in [0.15, 0.2) is 18.2 Å². The van der Waals surface area contributed by atoms with Gasteiger partial charge in [-0.2, -0.15) is 0 Å². The molecule has 1 unspecified atom stereocenters. The summed E-state index contributed by atoms with van der Waals surface area (Å²) in [6.07, 6.45) is 6.74. The van der Waals surface area contributed by atoms with E-state index in [1.165, 1.54) is 25.0 Å². The van der Waals surface area contributed by atoms with Crippen LogP contribution in [0.4, 0.5) is 4.39 Å². The Balaban J connectivity index is 2.20. The summed E-state index contributed by atoms with van der Waals surface area (Å²) in [7, 11) is 4.08. The Labute approximate surface area is 131 Å². The Hall–Kier alpha value is -0.640. The van der Waals surface area contributed by atoms with Crippen LogP contribution in [0.3, 0.4) is 0 Å². The third kappa shape index (κ3) is 3.77. The van der Waals surface area contributed by atoms with Crippen LogP contribution < -0.4 is 0 Å². The van der Waals surface area contributed by atoms with E-state index in [0.717, 1.165) is 31.2 Å². The van der Waals surface area contributed by atoms with E-state index < -0.39 is 6.10 Å². The first-order valence-corrected chi connectivity index (χ1v) is 8.13. The van der Waals surface area contributed by atoms with Crippen LogP contribution in [-0.2, 0) is 6.42 Å². The first-order valence-electron chi connectivity index (χ1n) is 7.75. The zero-order valence-electron chi connectivity index (χ0n) is 12.9. The predicted molar refractivity (Wildman–Crippen MR) is 85.2 cm³/mol. The van der Waals surface area contributed by atoms with Gasteiger partial charge in [0.25, 0.3) is 0 Å². The third-order valence-electron chi connectivity index (χ3n) is 4.91. The average molecular weight is 314 g/mol. The molecule has 1 atom stereocenters. The second-order valence-electron chi connectivity index (χ2n) is 6.37. The van der Waals surface area contributed by atoms with Gasteiger partial charge in [0.15, 0.2) is 0 Å². The Kier molecular flexibility index (Phi) is 5.64. The van der Waals surface area contributed by atoms with Gasteiger partial charge in [-0.1, -0.05) is 43.4 Å². The molecule has 21 heavy (non-hydrogen) atoms. The van der Waals surface area contributed by atoms with Crippen molar-refractivity contribution in [1.82, 2.24) is 4.90 Å². The van der Waals surface area contributed by atoms with Gasteiger partial charge in [-0.05, 0) is 44.6 Å². The molecule has 0 radical (unpaired) electrons. The first kappa shape index (κ1) is 16.7. The van der Waals surface area contributed by atoms with Crippen LogP contribution in [0.2, 0.25) is 5.02 Å². The van der Waals surface area contributed by atoms with Crippen molar-refractivity contribution in [3.05, 3.63) is 34.6 Å². The molecule has 0 bridgehead atoms. The number of benzene rings is 1. The van der Waals surface area contributed by atoms with Crippen molar-refractivity contribution in [3.8, 4) is 0 Å². The molecule has 0 spiro atoms. The molecule has 1 aromatic carbocycles. The lowest BCUT2D eigenvalue weighted by Crippen LogP contribution is -2.54. The van der Waals surface area contributed by atoms with E-state index in [1.807, 2.05) is 14.1 Å². The molecule has 2 nitrogen and oxygen atoms in total. The molecule has 2 rings (SSSR count). The molecular weight excluding hydrogens is 289 g/mol. The van der Waals surface area contributed by atoms with Gasteiger partial charge in [0.1, 0.15) is 5.82 Å². The second kappa shape index (κ2) is 7.08. The predicted octanol–water partition coefficient (Wildman–Crippen LogP) is 4.04. The van der Waals surface area contributed by atoms with Gasteiger partial charge in [0.2, 0.25) is 0 Å². The largest absolute Gasteiger partial charge is 0.391 e. The summed E-state index contributed by atoms with van der Waals surface area (Å²) < 4.78 is 13.1. The molecule has 118 valence electrons. The molecule has 0 amide bonds. The highest BCUT2D eigenvalue weighted by Gasteiger charge is 2.40. The van der Waals surface area contributed by atoms with Gasteiger partial charge >= 0.3 is 0 Å². The summed E-state index contributed by atoms with van der Waals surface area (Å²) in [5, 5.41) is 11.3. The zero-order valence-corrected chi connectivity index (χ0v) is 13.7. The fourth-order valence-electron chi connectivity index (χ4n) is 3.50. The van der Waals surface area contributed by atoms with E-state index in [0.29, 0.717) is 11.4 Å². The lowest BCUT2D eigenvalue weighted by Gasteiger charge is -2.43. The van der Waals surface area contributed by atoms with Crippen molar-refractivity contribution in [3.63, 3.8) is 0 Å². The molecule has 1 N–H and O–H groups in total. The number of aliphatic hydroxyl groups is 1. The molecule has 1 aromatic rings. The highest BCUT2D eigenvalue weighted by atomic mass is 35.5. The number of hydrogen-bond acceptors (Lipinski definition) is 2. The summed E-state index contributed by atoms with van der Waals surface area (Å²) >= 11 is 6.11. The number of hydrogen-bond donors (Lipinski definition) is 1. The van der Waals surface area contributed by atoms with Gasteiger partial charge < -0.3 is 10.0 Å². The standard InChI is InChI=1S/C17H25ClFNO/c1-20(2)17(9-5-3-4-6-10-17)16(21)11-13-7-8-14(19)12-15(13)18/h7-8,12,16,21H,3-6,9-11H2,1-2H3. The van der Waals surface area contributed by atoms with E-state index in [1.54, 1.807) is 6.07 Å². The average Bonchev–Trinajstić information content (AvgIpc) is 2.68. The topological polar surface area (TPSA) is 23.5 Å². The van der Waals surface area contributed by atoms with Crippen molar-refractivity contribution in [2.24, 2.45) is 0 Å². The normalized spacial score (nSPS) is 20.3. The molecule has 0 heterocycles. The maximum Gasteiger partial charge on any atom is 0.124 e. The molecule has 1 aliphatic rings. The minimum atomic E-state index is -0.492. The Morgan fingerprint density at radius 3 is 2.38 bits per heavy atom. The number of rotatable bonds is 4. The van der Waals surface area contributed by atoms with Crippen LogP contribution in [0, 0.1) is 5.82 Å². The van der Waals surface area contributed by atoms with Crippen LogP contribution in [-0.4, -0.2) is 35.7 Å². The fourth-order valence-corrected chi connectivity index (χ4v) is 3.75. The SMILES string of the molecule is CN(C)C1(C(O)Cc2ccc(F)cc2Cl)CCCCCC1. The van der Waals surface area contributed by atoms with Crippen molar-refractivity contribution < 1.29 is 9.50 Å². The van der Waals surface area contributed by atoms with Gasteiger partial charge in [-0.3, -0.25) is 0 Å². The van der Waals surface area contributed by atoms with E-state index in [9.17, 15) is 9.50 Å². The van der Waals surface area contributed by atoms with E-state index in [4.69, 9.17) is 11.6 Å². The van der Waals surface area contributed by atoms with Crippen LogP contribution >= 0.6 is 11.6 Å². The van der Waals surface area contributed by atoms with Gasteiger partial charge in [0, 0.05) is 17.0 Å². The van der Waals surface area contributed by atoms with Crippen LogP contribution in [0.1, 0.15) is 44.1 Å². The molecule has 0 aromatic heterocycles. The minimum Gasteiger partial charge on any atom is -0.391 e. The van der Waals surface area contributed by atoms with Crippen molar-refractivity contribution in [2.45, 2.75) is 56.6 Å². The smallest absolute Gasteiger partial charge is 0.124 e. The van der Waals surface area contributed by atoms with Crippen LogP contribution in [0.25, 0.3) is 0 Å². The minimum absolute atomic E-state index is 0.200. The Morgan fingerprint density at radius 1 is 1.24 bits per heavy atom. The quantitative estimate of drug-likeness (QED) is 0.848.